The van der Waals surface area contributed by atoms with Crippen LogP contribution in [0.2, 0.25) is 0 Å². The molecule has 7 heteroatoms. The molecular formula is C22H26N4O3. The Bertz CT molecular complexity index is 1060. The van der Waals surface area contributed by atoms with Gasteiger partial charge in [-0.15, -0.1) is 0 Å². The zero-order valence-electron chi connectivity index (χ0n) is 17.2. The molecule has 0 spiro atoms. The fraction of sp³-hybridized carbons (Fsp3) is 0.591. The van der Waals surface area contributed by atoms with E-state index in [1.807, 2.05) is 4.90 Å². The molecule has 1 aliphatic heterocycles. The minimum absolute atomic E-state index is 0.00298. The molecule has 1 saturated carbocycles. The number of carbonyl (C=O) groups is 1. The van der Waals surface area contributed by atoms with Crippen molar-refractivity contribution in [3.05, 3.63) is 39.7 Å². The highest BCUT2D eigenvalue weighted by atomic mass is 16.6. The minimum Gasteiger partial charge on any atom is -0.342 e. The van der Waals surface area contributed by atoms with Crippen LogP contribution >= 0.6 is 0 Å². The number of hydrogen-bond acceptors (Lipinski definition) is 5. The smallest absolute Gasteiger partial charge is 0.271 e. The number of nitro benzene ring substituents is 1. The van der Waals surface area contributed by atoms with Gasteiger partial charge < -0.3 is 4.90 Å². The van der Waals surface area contributed by atoms with E-state index < -0.39 is 10.3 Å². The fourth-order valence-electron chi connectivity index (χ4n) is 6.04. The third-order valence-electron chi connectivity index (χ3n) is 8.24. The van der Waals surface area contributed by atoms with Crippen LogP contribution in [-0.2, 0) is 15.6 Å². The van der Waals surface area contributed by atoms with Gasteiger partial charge in [-0.3, -0.25) is 14.9 Å². The standard InChI is InChI=1S/C22H26N4O3/c1-20(2)21(3)9-10-22(20,19(27)25-11-5-4-6-12-25)18-17(21)23-15-8-7-14(26(28)29)13-16(15)24-18/h7-8,13H,4-6,9-12H2,1-3H3. The number of amides is 1. The summed E-state index contributed by atoms with van der Waals surface area (Å²) in [7, 11) is 0. The van der Waals surface area contributed by atoms with E-state index in [1.165, 1.54) is 18.6 Å². The summed E-state index contributed by atoms with van der Waals surface area (Å²) in [5, 5.41) is 11.2. The fourth-order valence-corrected chi connectivity index (χ4v) is 6.04. The Kier molecular flexibility index (Phi) is 3.65. The van der Waals surface area contributed by atoms with E-state index in [4.69, 9.17) is 9.97 Å². The lowest BCUT2D eigenvalue weighted by Crippen LogP contribution is -2.53. The van der Waals surface area contributed by atoms with Gasteiger partial charge in [0.1, 0.15) is 0 Å². The molecule has 5 rings (SSSR count). The van der Waals surface area contributed by atoms with Crippen LogP contribution in [0.25, 0.3) is 11.0 Å². The van der Waals surface area contributed by atoms with Crippen LogP contribution in [0.4, 0.5) is 5.69 Å². The van der Waals surface area contributed by atoms with Crippen molar-refractivity contribution in [3.8, 4) is 0 Å². The maximum Gasteiger partial charge on any atom is 0.271 e. The number of rotatable bonds is 2. The number of nitrogens with zero attached hydrogens (tertiary/aromatic N) is 4. The zero-order chi connectivity index (χ0) is 20.6. The van der Waals surface area contributed by atoms with Crippen molar-refractivity contribution in [1.82, 2.24) is 14.9 Å². The second-order valence-corrected chi connectivity index (χ2v) is 9.57. The van der Waals surface area contributed by atoms with E-state index in [2.05, 4.69) is 20.8 Å². The van der Waals surface area contributed by atoms with Crippen molar-refractivity contribution in [2.24, 2.45) is 5.41 Å². The van der Waals surface area contributed by atoms with Crippen molar-refractivity contribution in [1.29, 1.82) is 0 Å². The first-order chi connectivity index (χ1) is 13.7. The van der Waals surface area contributed by atoms with Crippen LogP contribution < -0.4 is 0 Å². The Morgan fingerprint density at radius 1 is 1.03 bits per heavy atom. The van der Waals surface area contributed by atoms with Crippen molar-refractivity contribution in [2.45, 2.75) is 63.7 Å². The zero-order valence-corrected chi connectivity index (χ0v) is 17.2. The molecule has 2 atom stereocenters. The number of likely N-dealkylation sites (tertiary alicyclic amines) is 1. The van der Waals surface area contributed by atoms with E-state index in [0.717, 1.165) is 50.2 Å². The van der Waals surface area contributed by atoms with Crippen LogP contribution in [0.3, 0.4) is 0 Å². The highest BCUT2D eigenvalue weighted by Crippen LogP contribution is 2.70. The van der Waals surface area contributed by atoms with Crippen molar-refractivity contribution >= 4 is 22.6 Å². The summed E-state index contributed by atoms with van der Waals surface area (Å²) in [5.74, 6) is 0.170. The van der Waals surface area contributed by atoms with Gasteiger partial charge in [-0.25, -0.2) is 9.97 Å². The summed E-state index contributed by atoms with van der Waals surface area (Å²) in [4.78, 5) is 36.6. The van der Waals surface area contributed by atoms with Gasteiger partial charge in [0.25, 0.3) is 5.69 Å². The Labute approximate surface area is 169 Å². The Morgan fingerprint density at radius 2 is 1.72 bits per heavy atom. The van der Waals surface area contributed by atoms with E-state index >= 15 is 0 Å². The highest BCUT2D eigenvalue weighted by molar-refractivity contribution is 5.93. The van der Waals surface area contributed by atoms with Gasteiger partial charge in [0.2, 0.25) is 5.91 Å². The second-order valence-electron chi connectivity index (χ2n) is 9.57. The lowest BCUT2D eigenvalue weighted by molar-refractivity contribution is -0.384. The molecule has 2 aromatic rings. The van der Waals surface area contributed by atoms with Gasteiger partial charge in [-0.1, -0.05) is 20.8 Å². The molecular weight excluding hydrogens is 368 g/mol. The largest absolute Gasteiger partial charge is 0.342 e. The first-order valence-corrected chi connectivity index (χ1v) is 10.5. The van der Waals surface area contributed by atoms with Gasteiger partial charge >= 0.3 is 0 Å². The topological polar surface area (TPSA) is 89.2 Å². The molecule has 1 aromatic carbocycles. The first kappa shape index (κ1) is 18.5. The summed E-state index contributed by atoms with van der Waals surface area (Å²) >= 11 is 0. The molecule has 2 bridgehead atoms. The summed E-state index contributed by atoms with van der Waals surface area (Å²) in [6.45, 7) is 8.16. The lowest BCUT2D eigenvalue weighted by Gasteiger charge is -2.43. The quantitative estimate of drug-likeness (QED) is 0.570. The normalized spacial score (nSPS) is 29.8. The predicted octanol–water partition coefficient (Wildman–Crippen LogP) is 3.88. The van der Waals surface area contributed by atoms with Crippen molar-refractivity contribution in [2.75, 3.05) is 13.1 Å². The minimum atomic E-state index is -0.708. The molecule has 2 aliphatic carbocycles. The van der Waals surface area contributed by atoms with Gasteiger partial charge in [-0.2, -0.15) is 0 Å². The number of benzene rings is 1. The molecule has 1 saturated heterocycles. The molecule has 0 radical (unpaired) electrons. The number of hydrogen-bond donors (Lipinski definition) is 0. The average molecular weight is 394 g/mol. The number of piperidine rings is 1. The average Bonchev–Trinajstić information content (AvgIpc) is 3.01. The summed E-state index contributed by atoms with van der Waals surface area (Å²) < 4.78 is 0. The molecule has 3 aliphatic rings. The molecule has 2 fully saturated rings. The number of non-ortho nitro benzene ring substituents is 1. The van der Waals surface area contributed by atoms with Crippen molar-refractivity contribution < 1.29 is 9.72 Å². The van der Waals surface area contributed by atoms with E-state index in [-0.39, 0.29) is 22.4 Å². The van der Waals surface area contributed by atoms with E-state index in [1.54, 1.807) is 6.07 Å². The second kappa shape index (κ2) is 5.74. The Morgan fingerprint density at radius 3 is 2.41 bits per heavy atom. The van der Waals surface area contributed by atoms with Gasteiger partial charge in [0, 0.05) is 30.6 Å². The third kappa shape index (κ3) is 2.11. The first-order valence-electron chi connectivity index (χ1n) is 10.5. The summed E-state index contributed by atoms with van der Waals surface area (Å²) in [5.41, 5.74) is 1.53. The SMILES string of the molecule is CC12CCC(C(=O)N3CCCCC3)(c3nc4cc([N+](=O)[O-])ccc4nc31)C2(C)C. The lowest BCUT2D eigenvalue weighted by atomic mass is 9.63. The van der Waals surface area contributed by atoms with Crippen LogP contribution in [0.1, 0.15) is 64.3 Å². The molecule has 29 heavy (non-hydrogen) atoms. The summed E-state index contributed by atoms with van der Waals surface area (Å²) in [6.07, 6.45) is 4.92. The molecule has 7 nitrogen and oxygen atoms in total. The predicted molar refractivity (Wildman–Crippen MR) is 109 cm³/mol. The maximum absolute atomic E-state index is 14.0. The van der Waals surface area contributed by atoms with Crippen molar-refractivity contribution in [3.63, 3.8) is 0 Å². The van der Waals surface area contributed by atoms with Crippen LogP contribution in [0.5, 0.6) is 0 Å². The number of nitro groups is 1. The molecule has 0 N–H and O–H groups in total. The summed E-state index contributed by atoms with van der Waals surface area (Å²) in [6, 6.07) is 4.62. The Balaban J connectivity index is 1.74. The number of fused-ring (bicyclic) bond motifs is 6. The van der Waals surface area contributed by atoms with Gasteiger partial charge in [0.05, 0.1) is 32.8 Å². The molecule has 152 valence electrons. The van der Waals surface area contributed by atoms with Crippen LogP contribution in [0, 0.1) is 15.5 Å². The molecule has 1 amide bonds. The molecule has 1 aromatic heterocycles. The number of carbonyl (C=O) groups excluding carboxylic acids is 1. The monoisotopic (exact) mass is 394 g/mol. The maximum atomic E-state index is 14.0. The third-order valence-corrected chi connectivity index (χ3v) is 8.24. The number of aromatic nitrogens is 2. The van der Waals surface area contributed by atoms with E-state index in [9.17, 15) is 14.9 Å². The van der Waals surface area contributed by atoms with Gasteiger partial charge in [0.15, 0.2) is 0 Å². The van der Waals surface area contributed by atoms with Crippen LogP contribution in [-0.4, -0.2) is 38.8 Å². The molecule has 2 heterocycles. The molecule has 2 unspecified atom stereocenters. The van der Waals surface area contributed by atoms with Crippen LogP contribution in [0.15, 0.2) is 18.2 Å². The highest BCUT2D eigenvalue weighted by Gasteiger charge is 2.73. The Hall–Kier alpha value is -2.57. The van der Waals surface area contributed by atoms with Gasteiger partial charge in [-0.05, 0) is 43.6 Å². The van der Waals surface area contributed by atoms with E-state index in [0.29, 0.717) is 11.0 Å².